The molecule has 1 N–H and O–H groups in total. The maximum Gasteiger partial charge on any atom is 0.343 e. The van der Waals surface area contributed by atoms with Crippen LogP contribution in [0.3, 0.4) is 0 Å². The predicted molar refractivity (Wildman–Crippen MR) is 74.9 cm³/mol. The van der Waals surface area contributed by atoms with Gasteiger partial charge >= 0.3 is 5.97 Å². The fraction of sp³-hybridized carbons (Fsp3) is 0.692. The van der Waals surface area contributed by atoms with E-state index in [-0.39, 0.29) is 12.1 Å². The van der Waals surface area contributed by atoms with Crippen LogP contribution in [0.5, 0.6) is 0 Å². The fourth-order valence-electron chi connectivity index (χ4n) is 2.23. The van der Waals surface area contributed by atoms with Gasteiger partial charge in [-0.05, 0) is 45.1 Å². The van der Waals surface area contributed by atoms with Crippen molar-refractivity contribution in [3.05, 3.63) is 11.3 Å². The molecule has 2 unspecified atom stereocenters. The van der Waals surface area contributed by atoms with Crippen molar-refractivity contribution in [1.82, 2.24) is 4.37 Å². The van der Waals surface area contributed by atoms with E-state index in [1.165, 1.54) is 11.5 Å². The molecule has 19 heavy (non-hydrogen) atoms. The van der Waals surface area contributed by atoms with Gasteiger partial charge in [-0.25, -0.2) is 4.79 Å². The molecule has 2 heterocycles. The lowest BCUT2D eigenvalue weighted by atomic mass is 10.0. The normalized spacial score (nSPS) is 23.1. The molecule has 0 saturated carbocycles. The summed E-state index contributed by atoms with van der Waals surface area (Å²) in [6, 6.07) is 0.330. The summed E-state index contributed by atoms with van der Waals surface area (Å²) >= 11 is 1.32. The molecule has 1 aliphatic heterocycles. The number of nitrogens with one attached hydrogen (secondary N) is 1. The lowest BCUT2D eigenvalue weighted by Crippen LogP contribution is -2.32. The van der Waals surface area contributed by atoms with Gasteiger partial charge in [-0.15, -0.1) is 0 Å². The molecule has 5 nitrogen and oxygen atoms in total. The maximum atomic E-state index is 11.9. The topological polar surface area (TPSA) is 60.5 Å². The Morgan fingerprint density at radius 1 is 1.63 bits per heavy atom. The first-order chi connectivity index (χ1) is 9.11. The van der Waals surface area contributed by atoms with E-state index >= 15 is 0 Å². The summed E-state index contributed by atoms with van der Waals surface area (Å²) in [6.07, 6.45) is 2.15. The molecule has 0 aromatic carbocycles. The average Bonchev–Trinajstić information content (AvgIpc) is 2.71. The molecule has 1 aromatic heterocycles. The minimum Gasteiger partial charge on any atom is -0.462 e. The van der Waals surface area contributed by atoms with Gasteiger partial charge in [0.25, 0.3) is 0 Å². The highest BCUT2D eigenvalue weighted by Gasteiger charge is 2.24. The third-order valence-electron chi connectivity index (χ3n) is 3.16. The van der Waals surface area contributed by atoms with Crippen LogP contribution in [-0.2, 0) is 9.47 Å². The predicted octanol–water partition coefficient (Wildman–Crippen LogP) is 2.61. The minimum absolute atomic E-state index is 0.256. The summed E-state index contributed by atoms with van der Waals surface area (Å²) in [5.41, 5.74) is 1.30. The maximum absolute atomic E-state index is 11.9. The highest BCUT2D eigenvalue weighted by Crippen LogP contribution is 2.28. The van der Waals surface area contributed by atoms with Gasteiger partial charge in [-0.2, -0.15) is 4.37 Å². The van der Waals surface area contributed by atoms with Crippen molar-refractivity contribution in [1.29, 1.82) is 0 Å². The number of hydrogen-bond acceptors (Lipinski definition) is 6. The van der Waals surface area contributed by atoms with E-state index in [4.69, 9.17) is 9.47 Å². The van der Waals surface area contributed by atoms with Crippen LogP contribution in [0.2, 0.25) is 0 Å². The lowest BCUT2D eigenvalue weighted by Gasteiger charge is -2.28. The van der Waals surface area contributed by atoms with Crippen LogP contribution in [0, 0.1) is 6.92 Å². The van der Waals surface area contributed by atoms with Gasteiger partial charge in [0.05, 0.1) is 18.4 Å². The molecule has 0 radical (unpaired) electrons. The zero-order valence-corrected chi connectivity index (χ0v) is 12.4. The molecule has 0 bridgehead atoms. The quantitative estimate of drug-likeness (QED) is 0.861. The molecule has 2 atom stereocenters. The second-order valence-corrected chi connectivity index (χ2v) is 5.51. The van der Waals surface area contributed by atoms with E-state index in [9.17, 15) is 4.79 Å². The Kier molecular flexibility index (Phi) is 4.76. The summed E-state index contributed by atoms with van der Waals surface area (Å²) in [6.45, 7) is 6.84. The number of aryl methyl sites for hydroxylation is 1. The molecule has 2 rings (SSSR count). The van der Waals surface area contributed by atoms with Crippen molar-refractivity contribution in [3.8, 4) is 0 Å². The summed E-state index contributed by atoms with van der Waals surface area (Å²) in [4.78, 5) is 11.9. The average molecular weight is 284 g/mol. The monoisotopic (exact) mass is 284 g/mol. The van der Waals surface area contributed by atoms with Crippen molar-refractivity contribution in [2.45, 2.75) is 45.8 Å². The zero-order chi connectivity index (χ0) is 13.8. The summed E-state index contributed by atoms with van der Waals surface area (Å²) in [7, 11) is 0. The zero-order valence-electron chi connectivity index (χ0n) is 11.6. The molecule has 0 spiro atoms. The summed E-state index contributed by atoms with van der Waals surface area (Å²) in [5.74, 6) is -0.295. The van der Waals surface area contributed by atoms with Crippen LogP contribution < -0.4 is 5.32 Å². The molecule has 1 aromatic rings. The molecule has 1 fully saturated rings. The highest BCUT2D eigenvalue weighted by atomic mass is 32.1. The molecule has 6 heteroatoms. The Hall–Kier alpha value is -1.14. The van der Waals surface area contributed by atoms with Crippen molar-refractivity contribution in [3.63, 3.8) is 0 Å². The first-order valence-electron chi connectivity index (χ1n) is 6.63. The van der Waals surface area contributed by atoms with Gasteiger partial charge in [0.2, 0.25) is 0 Å². The standard InChI is InChI=1S/C13H20N2O3S/c1-4-17-13(16)11-9(3)15-19-12(11)14-10-5-6-18-8(2)7-10/h8,10,14H,4-7H2,1-3H3. The van der Waals surface area contributed by atoms with Crippen molar-refractivity contribution >= 4 is 22.5 Å². The van der Waals surface area contributed by atoms with Crippen LogP contribution in [0.25, 0.3) is 0 Å². The molecule has 0 amide bonds. The molecule has 106 valence electrons. The second-order valence-electron chi connectivity index (χ2n) is 4.74. The number of hydrogen-bond donors (Lipinski definition) is 1. The highest BCUT2D eigenvalue weighted by molar-refractivity contribution is 7.10. The largest absolute Gasteiger partial charge is 0.462 e. The first kappa shape index (κ1) is 14.3. The number of anilines is 1. The molecule has 1 aliphatic rings. The van der Waals surface area contributed by atoms with Gasteiger partial charge in [0, 0.05) is 12.6 Å². The SMILES string of the molecule is CCOC(=O)c1c(C)nsc1NC1CCOC(C)C1. The first-order valence-corrected chi connectivity index (χ1v) is 7.40. The van der Waals surface area contributed by atoms with Crippen LogP contribution in [0.1, 0.15) is 42.7 Å². The van der Waals surface area contributed by atoms with E-state index in [1.54, 1.807) is 6.92 Å². The van der Waals surface area contributed by atoms with E-state index in [0.717, 1.165) is 30.1 Å². The van der Waals surface area contributed by atoms with Crippen molar-refractivity contribution < 1.29 is 14.3 Å². The Balaban J connectivity index is 2.09. The Morgan fingerprint density at radius 3 is 3.11 bits per heavy atom. The van der Waals surface area contributed by atoms with Gasteiger partial charge in [-0.1, -0.05) is 0 Å². The van der Waals surface area contributed by atoms with Crippen LogP contribution >= 0.6 is 11.5 Å². The van der Waals surface area contributed by atoms with E-state index in [0.29, 0.717) is 18.2 Å². The molecule has 1 saturated heterocycles. The number of esters is 1. The molecule has 0 aliphatic carbocycles. The fourth-order valence-corrected chi connectivity index (χ4v) is 3.09. The van der Waals surface area contributed by atoms with Crippen molar-refractivity contribution in [2.75, 3.05) is 18.5 Å². The number of carbonyl (C=O) groups excluding carboxylic acids is 1. The van der Waals surface area contributed by atoms with Crippen LogP contribution in [-0.4, -0.2) is 35.7 Å². The third kappa shape index (κ3) is 3.45. The Bertz CT molecular complexity index is 447. The number of nitrogens with zero attached hydrogens (tertiary/aromatic N) is 1. The smallest absolute Gasteiger partial charge is 0.343 e. The molecular weight excluding hydrogens is 264 g/mol. The van der Waals surface area contributed by atoms with Crippen molar-refractivity contribution in [2.24, 2.45) is 0 Å². The summed E-state index contributed by atoms with van der Waals surface area (Å²) < 4.78 is 14.9. The Labute approximate surface area is 117 Å². The number of carbonyl (C=O) groups is 1. The van der Waals surface area contributed by atoms with Gasteiger partial charge < -0.3 is 14.8 Å². The second kappa shape index (κ2) is 6.34. The van der Waals surface area contributed by atoms with Gasteiger partial charge in [0.15, 0.2) is 0 Å². The number of ether oxygens (including phenoxy) is 2. The van der Waals surface area contributed by atoms with E-state index in [1.807, 2.05) is 6.92 Å². The Morgan fingerprint density at radius 2 is 2.42 bits per heavy atom. The molecular formula is C13H20N2O3S. The third-order valence-corrected chi connectivity index (χ3v) is 4.03. The number of aromatic nitrogens is 1. The van der Waals surface area contributed by atoms with Gasteiger partial charge in [-0.3, -0.25) is 0 Å². The lowest BCUT2D eigenvalue weighted by molar-refractivity contribution is 0.0232. The number of rotatable bonds is 4. The van der Waals surface area contributed by atoms with Crippen LogP contribution in [0.15, 0.2) is 0 Å². The van der Waals surface area contributed by atoms with Gasteiger partial charge in [0.1, 0.15) is 10.6 Å². The summed E-state index contributed by atoms with van der Waals surface area (Å²) in [5, 5.41) is 4.23. The minimum atomic E-state index is -0.295. The van der Waals surface area contributed by atoms with E-state index < -0.39 is 0 Å². The van der Waals surface area contributed by atoms with Crippen LogP contribution in [0.4, 0.5) is 5.00 Å². The van der Waals surface area contributed by atoms with E-state index in [2.05, 4.69) is 16.6 Å².